The van der Waals surface area contributed by atoms with Crippen molar-refractivity contribution < 1.29 is 17.6 Å². The number of rotatable bonds is 4. The van der Waals surface area contributed by atoms with Gasteiger partial charge in [-0.1, -0.05) is 19.9 Å². The predicted octanol–water partition coefficient (Wildman–Crippen LogP) is 4.44. The molecule has 32 heavy (non-hydrogen) atoms. The Labute approximate surface area is 191 Å². The number of piperidine rings is 1. The molecule has 6 nitrogen and oxygen atoms in total. The van der Waals surface area contributed by atoms with Crippen LogP contribution in [0.25, 0.3) is 0 Å². The molecule has 7 heteroatoms. The fraction of sp³-hybridized carbons (Fsp3) is 0.560. The highest BCUT2D eigenvalue weighted by Gasteiger charge is 2.38. The lowest BCUT2D eigenvalue weighted by molar-refractivity contribution is -0.127. The number of carbonyl (C=O) groups is 1. The predicted molar refractivity (Wildman–Crippen MR) is 124 cm³/mol. The number of nitrogens with zero attached hydrogens (tertiary/aromatic N) is 1. The first-order chi connectivity index (χ1) is 15.0. The molecule has 1 aromatic heterocycles. The molecule has 1 aliphatic heterocycles. The van der Waals surface area contributed by atoms with E-state index in [9.17, 15) is 13.2 Å². The molecule has 1 aromatic carbocycles. The van der Waals surface area contributed by atoms with Crippen molar-refractivity contribution in [3.63, 3.8) is 0 Å². The van der Waals surface area contributed by atoms with Crippen LogP contribution in [-0.2, 0) is 21.2 Å². The Morgan fingerprint density at radius 1 is 1.09 bits per heavy atom. The zero-order valence-corrected chi connectivity index (χ0v) is 20.5. The summed E-state index contributed by atoms with van der Waals surface area (Å²) in [5.41, 5.74) is 3.18. The van der Waals surface area contributed by atoms with Crippen LogP contribution in [0.2, 0.25) is 0 Å². The fourth-order valence-electron chi connectivity index (χ4n) is 4.98. The molecule has 2 aliphatic rings. The summed E-state index contributed by atoms with van der Waals surface area (Å²) in [6, 6.07) is 7.23. The second kappa shape index (κ2) is 8.34. The molecular formula is C25H34N2O4S. The Morgan fingerprint density at radius 2 is 1.78 bits per heavy atom. The molecule has 2 aromatic rings. The lowest BCUT2D eigenvalue weighted by atomic mass is 9.74. The van der Waals surface area contributed by atoms with Gasteiger partial charge in [0.05, 0.1) is 10.9 Å². The Hall–Kier alpha value is -2.12. The lowest BCUT2D eigenvalue weighted by Crippen LogP contribution is -2.44. The summed E-state index contributed by atoms with van der Waals surface area (Å²) in [5.74, 6) is 1.68. The van der Waals surface area contributed by atoms with E-state index in [4.69, 9.17) is 4.42 Å². The molecule has 1 N–H and O–H groups in total. The monoisotopic (exact) mass is 458 g/mol. The molecule has 0 unspecified atom stereocenters. The number of carbonyl (C=O) groups excluding carboxylic acids is 1. The van der Waals surface area contributed by atoms with E-state index in [2.05, 4.69) is 19.2 Å². The molecule has 1 saturated heterocycles. The van der Waals surface area contributed by atoms with E-state index in [0.29, 0.717) is 30.8 Å². The van der Waals surface area contributed by atoms with Crippen molar-refractivity contribution >= 4 is 15.9 Å². The van der Waals surface area contributed by atoms with Crippen molar-refractivity contribution in [2.24, 2.45) is 11.3 Å². The normalized spacial score (nSPS) is 21.8. The van der Waals surface area contributed by atoms with E-state index < -0.39 is 10.0 Å². The van der Waals surface area contributed by atoms with Crippen LogP contribution in [0.5, 0.6) is 0 Å². The van der Waals surface area contributed by atoms with Gasteiger partial charge in [-0.05, 0) is 74.8 Å². The molecule has 4 rings (SSSR count). The number of sulfonamides is 1. The molecule has 0 spiro atoms. The van der Waals surface area contributed by atoms with Gasteiger partial charge in [0.25, 0.3) is 0 Å². The summed E-state index contributed by atoms with van der Waals surface area (Å²) in [5, 5.41) is 3.25. The molecule has 1 fully saturated rings. The van der Waals surface area contributed by atoms with E-state index >= 15 is 0 Å². The van der Waals surface area contributed by atoms with Crippen LogP contribution in [0.1, 0.15) is 67.4 Å². The molecule has 174 valence electrons. The van der Waals surface area contributed by atoms with Crippen molar-refractivity contribution in [2.45, 2.75) is 71.2 Å². The van der Waals surface area contributed by atoms with E-state index in [1.54, 1.807) is 12.1 Å². The van der Waals surface area contributed by atoms with Crippen molar-refractivity contribution in [2.75, 3.05) is 13.1 Å². The summed E-state index contributed by atoms with van der Waals surface area (Å²) in [6.07, 6.45) is 2.80. The number of hydrogen-bond acceptors (Lipinski definition) is 4. The van der Waals surface area contributed by atoms with Gasteiger partial charge in [0, 0.05) is 31.0 Å². The van der Waals surface area contributed by atoms with Crippen molar-refractivity contribution in [3.8, 4) is 0 Å². The van der Waals surface area contributed by atoms with Gasteiger partial charge in [-0.2, -0.15) is 4.31 Å². The van der Waals surface area contributed by atoms with Crippen LogP contribution in [0, 0.1) is 32.1 Å². The van der Waals surface area contributed by atoms with Gasteiger partial charge in [0.15, 0.2) is 0 Å². The molecule has 2 heterocycles. The Balaban J connectivity index is 1.41. The summed E-state index contributed by atoms with van der Waals surface area (Å²) < 4.78 is 33.5. The third-order valence-electron chi connectivity index (χ3n) is 6.99. The van der Waals surface area contributed by atoms with Crippen molar-refractivity contribution in [3.05, 3.63) is 52.5 Å². The van der Waals surface area contributed by atoms with Gasteiger partial charge in [0.2, 0.25) is 15.9 Å². The van der Waals surface area contributed by atoms with Crippen LogP contribution in [0.3, 0.4) is 0 Å². The van der Waals surface area contributed by atoms with Crippen molar-refractivity contribution in [1.29, 1.82) is 0 Å². The Bertz CT molecular complexity index is 1120. The van der Waals surface area contributed by atoms with Gasteiger partial charge in [-0.3, -0.25) is 4.79 Å². The van der Waals surface area contributed by atoms with Crippen LogP contribution < -0.4 is 5.32 Å². The number of aryl methyl sites for hydroxylation is 3. The van der Waals surface area contributed by atoms with E-state index in [0.717, 1.165) is 41.1 Å². The maximum absolute atomic E-state index is 13.1. The molecule has 1 amide bonds. The van der Waals surface area contributed by atoms with Crippen LogP contribution in [-0.4, -0.2) is 31.7 Å². The van der Waals surface area contributed by atoms with Crippen molar-refractivity contribution in [1.82, 2.24) is 9.62 Å². The minimum Gasteiger partial charge on any atom is -0.466 e. The molecule has 0 radical (unpaired) electrons. The summed E-state index contributed by atoms with van der Waals surface area (Å²) in [4.78, 5) is 13.4. The van der Waals surface area contributed by atoms with Gasteiger partial charge < -0.3 is 9.73 Å². The zero-order chi connectivity index (χ0) is 23.3. The molecule has 1 atom stereocenters. The molecular weight excluding hydrogens is 424 g/mol. The first-order valence-electron chi connectivity index (χ1n) is 11.4. The van der Waals surface area contributed by atoms with Crippen LogP contribution >= 0.6 is 0 Å². The van der Waals surface area contributed by atoms with E-state index in [1.807, 2.05) is 32.9 Å². The highest BCUT2D eigenvalue weighted by atomic mass is 32.2. The molecule has 1 aliphatic carbocycles. The minimum absolute atomic E-state index is 0.0146. The van der Waals surface area contributed by atoms with E-state index in [-0.39, 0.29) is 23.3 Å². The van der Waals surface area contributed by atoms with Gasteiger partial charge in [0.1, 0.15) is 11.5 Å². The summed E-state index contributed by atoms with van der Waals surface area (Å²) in [7, 11) is -3.54. The summed E-state index contributed by atoms with van der Waals surface area (Å²) >= 11 is 0. The quantitative estimate of drug-likeness (QED) is 0.735. The second-order valence-electron chi connectivity index (χ2n) is 10.3. The number of benzene rings is 1. The number of nitrogens with one attached hydrogen (secondary N) is 1. The highest BCUT2D eigenvalue weighted by molar-refractivity contribution is 7.89. The van der Waals surface area contributed by atoms with Crippen LogP contribution in [0.15, 0.2) is 33.6 Å². The molecule has 0 bridgehead atoms. The smallest absolute Gasteiger partial charge is 0.243 e. The number of furan rings is 1. The number of fused-ring (bicyclic) bond motifs is 1. The minimum atomic E-state index is -3.54. The third kappa shape index (κ3) is 4.50. The first-order valence-corrected chi connectivity index (χ1v) is 12.9. The van der Waals surface area contributed by atoms with Crippen LogP contribution in [0.4, 0.5) is 0 Å². The SMILES string of the molecule is Cc1cc2c(o1)CC(C)(C)C[C@H]2NC(=O)C1CCN(S(=O)(=O)c2ccc(C)c(C)c2)CC1. The topological polar surface area (TPSA) is 79.6 Å². The number of amides is 1. The standard InChI is InChI=1S/C25H34N2O4S/c1-16-6-7-20(12-17(16)2)32(29,30)27-10-8-19(9-11-27)24(28)26-22-14-25(4,5)15-23-21(22)13-18(3)31-23/h6-7,12-13,19,22H,8-11,14-15H2,1-5H3,(H,26,28)/t22-/m1/s1. The van der Waals surface area contributed by atoms with Gasteiger partial charge >= 0.3 is 0 Å². The number of hydrogen-bond donors (Lipinski definition) is 1. The van der Waals surface area contributed by atoms with E-state index in [1.165, 1.54) is 4.31 Å². The zero-order valence-electron chi connectivity index (χ0n) is 19.7. The third-order valence-corrected chi connectivity index (χ3v) is 8.89. The Morgan fingerprint density at radius 3 is 2.44 bits per heavy atom. The maximum Gasteiger partial charge on any atom is 0.243 e. The van der Waals surface area contributed by atoms with Gasteiger partial charge in [-0.25, -0.2) is 8.42 Å². The second-order valence-corrected chi connectivity index (χ2v) is 12.2. The largest absolute Gasteiger partial charge is 0.466 e. The average molecular weight is 459 g/mol. The average Bonchev–Trinajstić information content (AvgIpc) is 3.09. The lowest BCUT2D eigenvalue weighted by Gasteiger charge is -2.36. The maximum atomic E-state index is 13.1. The Kier molecular flexibility index (Phi) is 6.01. The fourth-order valence-corrected chi connectivity index (χ4v) is 6.54. The molecule has 0 saturated carbocycles. The van der Waals surface area contributed by atoms with Gasteiger partial charge in [-0.15, -0.1) is 0 Å². The first kappa shape index (κ1) is 23.1. The highest BCUT2D eigenvalue weighted by Crippen LogP contribution is 2.42. The summed E-state index contributed by atoms with van der Waals surface area (Å²) in [6.45, 7) is 10.9.